The maximum Gasteiger partial charge on any atom is 0.266 e. The Balaban J connectivity index is 0.000000861. The first kappa shape index (κ1) is 15.8. The molecule has 0 aromatic carbocycles. The van der Waals surface area contributed by atoms with Gasteiger partial charge in [0.1, 0.15) is 15.7 Å². The van der Waals surface area contributed by atoms with Gasteiger partial charge in [0.2, 0.25) is 0 Å². The van der Waals surface area contributed by atoms with Gasteiger partial charge in [0, 0.05) is 22.4 Å². The van der Waals surface area contributed by atoms with Crippen LogP contribution >= 0.6 is 27.7 Å². The van der Waals surface area contributed by atoms with Gasteiger partial charge in [0.25, 0.3) is 5.56 Å². The van der Waals surface area contributed by atoms with Gasteiger partial charge in [-0.15, -0.1) is 0 Å². The predicted octanol–water partition coefficient (Wildman–Crippen LogP) is 3.72. The summed E-state index contributed by atoms with van der Waals surface area (Å²) in [5.41, 5.74) is 0.317. The molecule has 2 aromatic heterocycles. The minimum atomic E-state index is -0.308. The third-order valence-corrected chi connectivity index (χ3v) is 3.53. The molecule has 19 heavy (non-hydrogen) atoms. The van der Waals surface area contributed by atoms with Gasteiger partial charge in [-0.3, -0.25) is 4.79 Å². The number of aryl methyl sites for hydroxylation is 1. The molecule has 0 aliphatic heterocycles. The Bertz CT molecular complexity index is 597. The zero-order valence-corrected chi connectivity index (χ0v) is 13.3. The minimum Gasteiger partial charge on any atom is -0.506 e. The molecule has 6 heteroatoms. The summed E-state index contributed by atoms with van der Waals surface area (Å²) in [6.45, 7) is 5.72. The maximum atomic E-state index is 11.7. The third-order valence-electron chi connectivity index (χ3n) is 2.01. The van der Waals surface area contributed by atoms with Gasteiger partial charge in [-0.05, 0) is 35.0 Å². The first-order valence-electron chi connectivity index (χ1n) is 5.78. The Labute approximate surface area is 124 Å². The lowest BCUT2D eigenvalue weighted by molar-refractivity contribution is 0.459. The van der Waals surface area contributed by atoms with Crippen molar-refractivity contribution >= 4 is 27.7 Å². The summed E-state index contributed by atoms with van der Waals surface area (Å²) in [7, 11) is 0. The fraction of sp³-hybridized carbons (Fsp3) is 0.231. The van der Waals surface area contributed by atoms with Crippen LogP contribution in [-0.4, -0.2) is 15.1 Å². The highest BCUT2D eigenvalue weighted by Gasteiger charge is 2.10. The van der Waals surface area contributed by atoms with Gasteiger partial charge in [0.15, 0.2) is 0 Å². The zero-order valence-electron chi connectivity index (χ0n) is 10.9. The molecular weight excluding hydrogens is 328 g/mol. The molecule has 4 nitrogen and oxygen atoms in total. The standard InChI is InChI=1S/C11H9BrN2O2S.C2H6/c1-6-4-8(15)10(11(16)14-6)17-9-3-2-7(12)5-13-9;1-2/h2-5H,1H3,(H2,14,15,16);1-2H3. The van der Waals surface area contributed by atoms with Gasteiger partial charge in [-0.1, -0.05) is 25.6 Å². The van der Waals surface area contributed by atoms with Gasteiger partial charge in [-0.2, -0.15) is 0 Å². The number of aromatic nitrogens is 2. The first-order valence-corrected chi connectivity index (χ1v) is 7.39. The average Bonchev–Trinajstić information content (AvgIpc) is 2.38. The molecule has 0 radical (unpaired) electrons. The fourth-order valence-electron chi connectivity index (χ4n) is 1.28. The van der Waals surface area contributed by atoms with E-state index in [0.717, 1.165) is 16.2 Å². The Morgan fingerprint density at radius 3 is 2.58 bits per heavy atom. The van der Waals surface area contributed by atoms with Crippen LogP contribution in [0.15, 0.2) is 43.6 Å². The van der Waals surface area contributed by atoms with Crippen molar-refractivity contribution in [2.45, 2.75) is 30.7 Å². The molecule has 0 atom stereocenters. The molecule has 0 aliphatic rings. The van der Waals surface area contributed by atoms with Crippen molar-refractivity contribution in [3.63, 3.8) is 0 Å². The number of aromatic amines is 1. The molecule has 0 amide bonds. The number of H-pyrrole nitrogens is 1. The number of nitrogens with zero attached hydrogens (tertiary/aromatic N) is 1. The number of hydrogen-bond acceptors (Lipinski definition) is 4. The van der Waals surface area contributed by atoms with E-state index >= 15 is 0 Å². The number of aromatic hydroxyl groups is 1. The van der Waals surface area contributed by atoms with E-state index in [2.05, 4.69) is 25.9 Å². The molecule has 0 bridgehead atoms. The van der Waals surface area contributed by atoms with Crippen LogP contribution in [0, 0.1) is 6.92 Å². The van der Waals surface area contributed by atoms with Crippen molar-refractivity contribution in [3.05, 3.63) is 44.9 Å². The molecule has 0 saturated heterocycles. The van der Waals surface area contributed by atoms with E-state index in [0.29, 0.717) is 10.7 Å². The van der Waals surface area contributed by atoms with Crippen LogP contribution in [0.4, 0.5) is 0 Å². The van der Waals surface area contributed by atoms with E-state index in [1.807, 2.05) is 19.9 Å². The van der Waals surface area contributed by atoms with Crippen molar-refractivity contribution in [2.75, 3.05) is 0 Å². The summed E-state index contributed by atoms with van der Waals surface area (Å²) in [5.74, 6) is -0.0269. The highest BCUT2D eigenvalue weighted by atomic mass is 79.9. The molecule has 0 fully saturated rings. The highest BCUT2D eigenvalue weighted by Crippen LogP contribution is 2.30. The number of halogens is 1. The Morgan fingerprint density at radius 2 is 2.05 bits per heavy atom. The molecule has 2 aromatic rings. The van der Waals surface area contributed by atoms with E-state index in [4.69, 9.17) is 0 Å². The Morgan fingerprint density at radius 1 is 1.37 bits per heavy atom. The molecule has 102 valence electrons. The molecule has 0 saturated carbocycles. The summed E-state index contributed by atoms with van der Waals surface area (Å²) >= 11 is 4.41. The lowest BCUT2D eigenvalue weighted by Gasteiger charge is -2.03. The van der Waals surface area contributed by atoms with Crippen LogP contribution in [-0.2, 0) is 0 Å². The Hall–Kier alpha value is -1.27. The topological polar surface area (TPSA) is 66.0 Å². The number of hydrogen-bond donors (Lipinski definition) is 2. The summed E-state index contributed by atoms with van der Waals surface area (Å²) in [5, 5.41) is 10.4. The molecule has 2 N–H and O–H groups in total. The normalized spacial score (nSPS) is 9.68. The smallest absolute Gasteiger partial charge is 0.266 e. The van der Waals surface area contributed by atoms with Crippen molar-refractivity contribution in [1.29, 1.82) is 0 Å². The van der Waals surface area contributed by atoms with Gasteiger partial charge in [-0.25, -0.2) is 4.98 Å². The minimum absolute atomic E-state index is 0.0269. The van der Waals surface area contributed by atoms with E-state index in [9.17, 15) is 9.90 Å². The van der Waals surface area contributed by atoms with E-state index < -0.39 is 0 Å². The van der Waals surface area contributed by atoms with Crippen molar-refractivity contribution in [1.82, 2.24) is 9.97 Å². The largest absolute Gasteiger partial charge is 0.506 e. The van der Waals surface area contributed by atoms with E-state index in [1.54, 1.807) is 19.2 Å². The van der Waals surface area contributed by atoms with Crippen LogP contribution in [0.3, 0.4) is 0 Å². The van der Waals surface area contributed by atoms with Crippen molar-refractivity contribution in [2.24, 2.45) is 0 Å². The molecule has 2 heterocycles. The van der Waals surface area contributed by atoms with Crippen molar-refractivity contribution in [3.8, 4) is 5.75 Å². The van der Waals surface area contributed by atoms with Crippen LogP contribution < -0.4 is 5.56 Å². The molecule has 0 spiro atoms. The molecule has 0 unspecified atom stereocenters. The summed E-state index contributed by atoms with van der Waals surface area (Å²) in [6.07, 6.45) is 1.64. The van der Waals surface area contributed by atoms with Gasteiger partial charge in [0.05, 0.1) is 0 Å². The Kier molecular flexibility index (Phi) is 6.11. The third kappa shape index (κ3) is 4.40. The first-order chi connectivity index (χ1) is 9.06. The zero-order chi connectivity index (χ0) is 14.4. The number of nitrogens with one attached hydrogen (secondary N) is 1. The lowest BCUT2D eigenvalue weighted by atomic mass is 10.3. The van der Waals surface area contributed by atoms with Gasteiger partial charge < -0.3 is 10.1 Å². The predicted molar refractivity (Wildman–Crippen MR) is 80.9 cm³/mol. The van der Waals surface area contributed by atoms with E-state index in [-0.39, 0.29) is 16.2 Å². The van der Waals surface area contributed by atoms with E-state index in [1.165, 1.54) is 6.07 Å². The quantitative estimate of drug-likeness (QED) is 0.872. The van der Waals surface area contributed by atoms with Crippen molar-refractivity contribution < 1.29 is 5.11 Å². The number of pyridine rings is 2. The number of rotatable bonds is 2. The van der Waals surface area contributed by atoms with Crippen LogP contribution in [0.5, 0.6) is 5.75 Å². The second-order valence-corrected chi connectivity index (χ2v) is 5.36. The second kappa shape index (κ2) is 7.35. The summed E-state index contributed by atoms with van der Waals surface area (Å²) < 4.78 is 0.865. The average molecular weight is 343 g/mol. The molecule has 0 aliphatic carbocycles. The monoisotopic (exact) mass is 342 g/mol. The fourth-order valence-corrected chi connectivity index (χ4v) is 2.28. The maximum absolute atomic E-state index is 11.7. The molecular formula is C13H15BrN2O2S. The van der Waals surface area contributed by atoms with Gasteiger partial charge >= 0.3 is 0 Å². The second-order valence-electron chi connectivity index (χ2n) is 3.41. The SMILES string of the molecule is CC.Cc1cc(O)c(Sc2ccc(Br)cn2)c(=O)[nH]1. The summed E-state index contributed by atoms with van der Waals surface area (Å²) in [4.78, 5) is 18.7. The van der Waals surface area contributed by atoms with Crippen LogP contribution in [0.25, 0.3) is 0 Å². The van der Waals surface area contributed by atoms with Crippen LogP contribution in [0.1, 0.15) is 19.5 Å². The lowest BCUT2D eigenvalue weighted by Crippen LogP contribution is -2.09. The molecule has 2 rings (SSSR count). The van der Waals surface area contributed by atoms with Crippen LogP contribution in [0.2, 0.25) is 0 Å². The summed E-state index contributed by atoms with van der Waals surface area (Å²) in [6, 6.07) is 5.12. The highest BCUT2D eigenvalue weighted by molar-refractivity contribution is 9.10.